The van der Waals surface area contributed by atoms with Crippen LogP contribution in [0, 0.1) is 0 Å². The number of hydrogen-bond acceptors (Lipinski definition) is 4. The highest BCUT2D eigenvalue weighted by molar-refractivity contribution is 6.31. The molecule has 0 bridgehead atoms. The second-order valence-corrected chi connectivity index (χ2v) is 4.82. The molecule has 0 saturated carbocycles. The number of hydrogen-bond donors (Lipinski definition) is 0. The Morgan fingerprint density at radius 1 is 1.45 bits per heavy atom. The summed E-state index contributed by atoms with van der Waals surface area (Å²) in [6, 6.07) is 5.44. The topological polar surface area (TPSA) is 63.7 Å². The molecule has 1 aromatic carbocycles. The number of imide groups is 1. The second kappa shape index (κ2) is 6.05. The normalized spacial score (nSPS) is 18.2. The highest BCUT2D eigenvalue weighted by Crippen LogP contribution is 2.23. The fourth-order valence-electron chi connectivity index (χ4n) is 2.16. The molecule has 0 aromatic heterocycles. The zero-order valence-corrected chi connectivity index (χ0v) is 11.7. The number of nitrogens with zero attached hydrogens (tertiary/aromatic N) is 1. The molecule has 6 heteroatoms. The molecule has 2 amide bonds. The van der Waals surface area contributed by atoms with Crippen molar-refractivity contribution in [3.05, 3.63) is 34.9 Å². The molecular weight excluding hydrogens is 282 g/mol. The third-order valence-electron chi connectivity index (χ3n) is 3.06. The number of ether oxygens (including phenoxy) is 1. The third kappa shape index (κ3) is 2.82. The van der Waals surface area contributed by atoms with Crippen molar-refractivity contribution < 1.29 is 19.1 Å². The lowest BCUT2D eigenvalue weighted by Gasteiger charge is -2.21. The average molecular weight is 296 g/mol. The number of carbonyl (C=O) groups excluding carboxylic acids is 3. The van der Waals surface area contributed by atoms with E-state index < -0.39 is 17.9 Å². The van der Waals surface area contributed by atoms with Gasteiger partial charge < -0.3 is 4.74 Å². The number of halogens is 1. The molecule has 2 rings (SSSR count). The van der Waals surface area contributed by atoms with Gasteiger partial charge in [0.15, 0.2) is 0 Å². The summed E-state index contributed by atoms with van der Waals surface area (Å²) in [5.41, 5.74) is 0.280. The monoisotopic (exact) mass is 295 g/mol. The van der Waals surface area contributed by atoms with E-state index in [0.717, 1.165) is 4.90 Å². The second-order valence-electron chi connectivity index (χ2n) is 4.39. The van der Waals surface area contributed by atoms with Crippen molar-refractivity contribution in [2.45, 2.75) is 25.8 Å². The molecule has 5 nitrogen and oxygen atoms in total. The maximum Gasteiger partial charge on any atom is 0.329 e. The molecule has 0 unspecified atom stereocenters. The van der Waals surface area contributed by atoms with E-state index in [0.29, 0.717) is 11.4 Å². The van der Waals surface area contributed by atoms with Crippen LogP contribution in [0.15, 0.2) is 24.3 Å². The van der Waals surface area contributed by atoms with Gasteiger partial charge in [-0.05, 0) is 31.5 Å². The summed E-state index contributed by atoms with van der Waals surface area (Å²) < 4.78 is 4.90. The summed E-state index contributed by atoms with van der Waals surface area (Å²) in [6.45, 7) is 1.89. The van der Waals surface area contributed by atoms with Gasteiger partial charge in [-0.25, -0.2) is 4.79 Å². The Morgan fingerprint density at radius 2 is 2.20 bits per heavy atom. The Morgan fingerprint density at radius 3 is 2.85 bits per heavy atom. The van der Waals surface area contributed by atoms with Crippen LogP contribution < -0.4 is 0 Å². The number of amides is 2. The van der Waals surface area contributed by atoms with E-state index >= 15 is 0 Å². The molecule has 0 spiro atoms. The van der Waals surface area contributed by atoms with Crippen LogP contribution in [0.3, 0.4) is 0 Å². The summed E-state index contributed by atoms with van der Waals surface area (Å²) in [5, 5.41) is 0.398. The lowest BCUT2D eigenvalue weighted by Crippen LogP contribution is -2.43. The molecule has 1 fully saturated rings. The molecule has 106 valence electrons. The highest BCUT2D eigenvalue weighted by atomic mass is 35.5. The van der Waals surface area contributed by atoms with Crippen LogP contribution in [0.5, 0.6) is 0 Å². The molecule has 0 aliphatic carbocycles. The highest BCUT2D eigenvalue weighted by Gasteiger charge is 2.41. The number of esters is 1. The molecular formula is C14H14ClNO4. The SMILES string of the molecule is CCOC(=O)[C@@H]1CCC(=O)N1C(=O)c1cccc(Cl)c1. The summed E-state index contributed by atoms with van der Waals surface area (Å²) in [4.78, 5) is 37.0. The first-order valence-electron chi connectivity index (χ1n) is 6.33. The number of likely N-dealkylation sites (tertiary alicyclic amines) is 1. The molecule has 1 heterocycles. The Hall–Kier alpha value is -1.88. The van der Waals surface area contributed by atoms with Gasteiger partial charge in [0.25, 0.3) is 5.91 Å². The fourth-order valence-corrected chi connectivity index (χ4v) is 2.35. The molecule has 0 radical (unpaired) electrons. The minimum Gasteiger partial charge on any atom is -0.464 e. The van der Waals surface area contributed by atoms with Gasteiger partial charge in [0.1, 0.15) is 6.04 Å². The van der Waals surface area contributed by atoms with Crippen LogP contribution in [0.2, 0.25) is 5.02 Å². The van der Waals surface area contributed by atoms with Crippen LogP contribution in [0.25, 0.3) is 0 Å². The number of rotatable bonds is 3. The van der Waals surface area contributed by atoms with Crippen LogP contribution in [-0.4, -0.2) is 35.3 Å². The molecule has 20 heavy (non-hydrogen) atoms. The predicted octanol–water partition coefficient (Wildman–Crippen LogP) is 2.03. The quantitative estimate of drug-likeness (QED) is 0.632. The first-order valence-corrected chi connectivity index (χ1v) is 6.71. The average Bonchev–Trinajstić information content (AvgIpc) is 2.80. The third-order valence-corrected chi connectivity index (χ3v) is 3.30. The van der Waals surface area contributed by atoms with Crippen molar-refractivity contribution in [3.8, 4) is 0 Å². The van der Waals surface area contributed by atoms with Crippen molar-refractivity contribution in [1.82, 2.24) is 4.90 Å². The summed E-state index contributed by atoms with van der Waals surface area (Å²) in [6.07, 6.45) is 0.458. The minimum absolute atomic E-state index is 0.162. The number of carbonyl (C=O) groups is 3. The molecule has 1 aliphatic heterocycles. The van der Waals surface area contributed by atoms with Crippen LogP contribution >= 0.6 is 11.6 Å². The Kier molecular flexibility index (Phi) is 4.39. The summed E-state index contributed by atoms with van der Waals surface area (Å²) in [5.74, 6) is -1.44. The van der Waals surface area contributed by atoms with Crippen LogP contribution in [-0.2, 0) is 14.3 Å². The van der Waals surface area contributed by atoms with Crippen molar-refractivity contribution in [2.24, 2.45) is 0 Å². The minimum atomic E-state index is -0.839. The number of benzene rings is 1. The van der Waals surface area contributed by atoms with Crippen LogP contribution in [0.4, 0.5) is 0 Å². The molecule has 1 aliphatic rings. The van der Waals surface area contributed by atoms with Gasteiger partial charge in [-0.2, -0.15) is 0 Å². The van der Waals surface area contributed by atoms with Gasteiger partial charge in [-0.15, -0.1) is 0 Å². The zero-order chi connectivity index (χ0) is 14.7. The van der Waals surface area contributed by atoms with Crippen molar-refractivity contribution >= 4 is 29.4 Å². The van der Waals surface area contributed by atoms with E-state index in [-0.39, 0.29) is 24.5 Å². The standard InChI is InChI=1S/C14H14ClNO4/c1-2-20-14(19)11-6-7-12(17)16(11)13(18)9-4-3-5-10(15)8-9/h3-5,8,11H,2,6-7H2,1H3/t11-/m0/s1. The van der Waals surface area contributed by atoms with E-state index in [1.54, 1.807) is 25.1 Å². The molecule has 0 N–H and O–H groups in total. The van der Waals surface area contributed by atoms with E-state index in [1.807, 2.05) is 0 Å². The Balaban J connectivity index is 2.26. The van der Waals surface area contributed by atoms with Gasteiger partial charge in [-0.3, -0.25) is 14.5 Å². The maximum absolute atomic E-state index is 12.4. The fraction of sp³-hybridized carbons (Fsp3) is 0.357. The lowest BCUT2D eigenvalue weighted by atomic mass is 10.1. The largest absolute Gasteiger partial charge is 0.464 e. The molecule has 1 aromatic rings. The smallest absolute Gasteiger partial charge is 0.329 e. The van der Waals surface area contributed by atoms with Gasteiger partial charge in [0.05, 0.1) is 6.61 Å². The van der Waals surface area contributed by atoms with E-state index in [4.69, 9.17) is 16.3 Å². The van der Waals surface area contributed by atoms with E-state index in [1.165, 1.54) is 6.07 Å². The Labute approximate surface area is 121 Å². The van der Waals surface area contributed by atoms with Gasteiger partial charge in [0, 0.05) is 17.0 Å². The van der Waals surface area contributed by atoms with Crippen LogP contribution in [0.1, 0.15) is 30.1 Å². The predicted molar refractivity (Wildman–Crippen MR) is 72.3 cm³/mol. The first-order chi connectivity index (χ1) is 9.54. The molecule has 1 atom stereocenters. The van der Waals surface area contributed by atoms with Crippen molar-refractivity contribution in [2.75, 3.05) is 6.61 Å². The lowest BCUT2D eigenvalue weighted by molar-refractivity contribution is -0.149. The Bertz CT molecular complexity index is 558. The van der Waals surface area contributed by atoms with Crippen molar-refractivity contribution in [1.29, 1.82) is 0 Å². The zero-order valence-electron chi connectivity index (χ0n) is 11.0. The van der Waals surface area contributed by atoms with E-state index in [2.05, 4.69) is 0 Å². The van der Waals surface area contributed by atoms with Crippen molar-refractivity contribution in [3.63, 3.8) is 0 Å². The van der Waals surface area contributed by atoms with E-state index in [9.17, 15) is 14.4 Å². The van der Waals surface area contributed by atoms with Gasteiger partial charge in [-0.1, -0.05) is 17.7 Å². The first kappa shape index (κ1) is 14.5. The van der Waals surface area contributed by atoms with Gasteiger partial charge >= 0.3 is 5.97 Å². The summed E-state index contributed by atoms with van der Waals surface area (Å²) in [7, 11) is 0. The molecule has 1 saturated heterocycles. The summed E-state index contributed by atoms with van der Waals surface area (Å²) >= 11 is 5.83. The maximum atomic E-state index is 12.4. The van der Waals surface area contributed by atoms with Gasteiger partial charge in [0.2, 0.25) is 5.91 Å².